The van der Waals surface area contributed by atoms with Crippen LogP contribution in [0.3, 0.4) is 0 Å². The maximum absolute atomic E-state index is 5.51. The first-order valence-electron chi connectivity index (χ1n) is 6.09. The van der Waals surface area contributed by atoms with Crippen LogP contribution in [0.25, 0.3) is 0 Å². The summed E-state index contributed by atoms with van der Waals surface area (Å²) >= 11 is 3.55. The fourth-order valence-electron chi connectivity index (χ4n) is 1.74. The van der Waals surface area contributed by atoms with Gasteiger partial charge in [0.25, 0.3) is 0 Å². The van der Waals surface area contributed by atoms with Crippen molar-refractivity contribution in [2.75, 3.05) is 11.1 Å². The van der Waals surface area contributed by atoms with Crippen molar-refractivity contribution in [1.82, 2.24) is 15.0 Å². The zero-order chi connectivity index (χ0) is 13.7. The largest absolute Gasteiger partial charge is 0.368 e. The summed E-state index contributed by atoms with van der Waals surface area (Å²) in [6.07, 6.45) is 3.37. The lowest BCUT2D eigenvalue weighted by molar-refractivity contribution is 0.697. The molecule has 3 N–H and O–H groups in total. The molecule has 1 heterocycles. The minimum absolute atomic E-state index is 0. The molecule has 0 aliphatic rings. The summed E-state index contributed by atoms with van der Waals surface area (Å²) in [7, 11) is 0. The predicted molar refractivity (Wildman–Crippen MR) is 86.5 cm³/mol. The van der Waals surface area contributed by atoms with Gasteiger partial charge in [0.1, 0.15) is 6.33 Å². The first kappa shape index (κ1) is 16.4. The summed E-state index contributed by atoms with van der Waals surface area (Å²) in [5.41, 5.74) is 6.81. The van der Waals surface area contributed by atoms with Gasteiger partial charge in [0.15, 0.2) is 0 Å². The molecule has 0 aliphatic heterocycles. The molecule has 1 aromatic carbocycles. The van der Waals surface area contributed by atoms with Crippen LogP contribution in [0.1, 0.15) is 26.3 Å². The Morgan fingerprint density at radius 3 is 2.75 bits per heavy atom. The molecule has 0 bridgehead atoms. The highest BCUT2D eigenvalue weighted by Crippen LogP contribution is 2.18. The molecule has 5 nitrogen and oxygen atoms in total. The Bertz CT molecular complexity index is 547. The molecule has 0 radical (unpaired) electrons. The second kappa shape index (κ2) is 7.79. The number of hydrogen-bond acceptors (Lipinski definition) is 5. The molecule has 1 atom stereocenters. The summed E-state index contributed by atoms with van der Waals surface area (Å²) in [4.78, 5) is 11.8. The number of aromatic nitrogens is 3. The number of nitrogens with one attached hydrogen (secondary N) is 1. The third kappa shape index (κ3) is 4.77. The number of nitrogens with zero attached hydrogens (tertiary/aromatic N) is 3. The van der Waals surface area contributed by atoms with E-state index >= 15 is 0 Å². The van der Waals surface area contributed by atoms with Gasteiger partial charge in [-0.15, -0.1) is 0 Å². The minimum Gasteiger partial charge on any atom is -0.368 e. The Hall–Kier alpha value is -1.69. The fraction of sp³-hybridized carbons (Fsp3) is 0.357. The van der Waals surface area contributed by atoms with E-state index in [2.05, 4.69) is 55.3 Å². The average molecular weight is 338 g/mol. The minimum atomic E-state index is 0. The molecule has 20 heavy (non-hydrogen) atoms. The van der Waals surface area contributed by atoms with Gasteiger partial charge in [-0.25, -0.2) is 9.97 Å². The third-order valence-corrected chi connectivity index (χ3v) is 3.54. The van der Waals surface area contributed by atoms with Crippen molar-refractivity contribution in [1.29, 1.82) is 0 Å². The van der Waals surface area contributed by atoms with E-state index in [0.717, 1.165) is 17.3 Å². The highest BCUT2D eigenvalue weighted by molar-refractivity contribution is 9.10. The standard InChI is InChI=1S/C13H16BrN5.CH4/c1-9(18-13-17-8-16-12(15)19-13)6-7-10-4-2-3-5-11(10)14;/h2-5,8-9H,6-7H2,1H3,(H3,15,16,17,18,19);1H4. The van der Waals surface area contributed by atoms with Gasteiger partial charge in [-0.3, -0.25) is 0 Å². The van der Waals surface area contributed by atoms with Crippen LogP contribution in [0, 0.1) is 0 Å². The Balaban J connectivity index is 0.00000200. The van der Waals surface area contributed by atoms with Crippen molar-refractivity contribution < 1.29 is 0 Å². The van der Waals surface area contributed by atoms with Gasteiger partial charge in [0.05, 0.1) is 0 Å². The molecular weight excluding hydrogens is 318 g/mol. The van der Waals surface area contributed by atoms with Crippen LogP contribution in [0.15, 0.2) is 35.1 Å². The number of benzene rings is 1. The monoisotopic (exact) mass is 337 g/mol. The van der Waals surface area contributed by atoms with Crippen LogP contribution in [0.4, 0.5) is 11.9 Å². The van der Waals surface area contributed by atoms with Gasteiger partial charge in [-0.2, -0.15) is 4.98 Å². The predicted octanol–water partition coefficient (Wildman–Crippen LogP) is 3.29. The second-order valence-electron chi connectivity index (χ2n) is 4.34. The van der Waals surface area contributed by atoms with Crippen molar-refractivity contribution in [3.05, 3.63) is 40.6 Å². The lowest BCUT2D eigenvalue weighted by atomic mass is 10.1. The molecular formula is C14H20BrN5. The summed E-state index contributed by atoms with van der Waals surface area (Å²) < 4.78 is 1.15. The van der Waals surface area contributed by atoms with E-state index in [0.29, 0.717) is 5.95 Å². The van der Waals surface area contributed by atoms with Gasteiger partial charge in [0.2, 0.25) is 11.9 Å². The first-order valence-corrected chi connectivity index (χ1v) is 6.89. The number of nitrogens with two attached hydrogens (primary N) is 1. The van der Waals surface area contributed by atoms with Crippen LogP contribution in [0.2, 0.25) is 0 Å². The summed E-state index contributed by atoms with van der Waals surface area (Å²) in [6.45, 7) is 2.09. The number of anilines is 2. The number of aryl methyl sites for hydroxylation is 1. The highest BCUT2D eigenvalue weighted by Gasteiger charge is 2.06. The molecule has 2 aromatic rings. The molecule has 0 saturated carbocycles. The smallest absolute Gasteiger partial charge is 0.227 e. The molecule has 108 valence electrons. The third-order valence-electron chi connectivity index (χ3n) is 2.77. The van der Waals surface area contributed by atoms with Gasteiger partial charge in [-0.1, -0.05) is 41.6 Å². The fourth-order valence-corrected chi connectivity index (χ4v) is 2.23. The Labute approximate surface area is 128 Å². The van der Waals surface area contributed by atoms with Crippen LogP contribution in [-0.2, 0) is 6.42 Å². The van der Waals surface area contributed by atoms with Crippen molar-refractivity contribution >= 4 is 27.8 Å². The molecule has 0 amide bonds. The first-order chi connectivity index (χ1) is 9.15. The van der Waals surface area contributed by atoms with E-state index in [1.165, 1.54) is 11.9 Å². The van der Waals surface area contributed by atoms with Gasteiger partial charge >= 0.3 is 0 Å². The van der Waals surface area contributed by atoms with E-state index in [4.69, 9.17) is 5.73 Å². The lowest BCUT2D eigenvalue weighted by Crippen LogP contribution is -2.18. The molecule has 2 rings (SSSR count). The van der Waals surface area contributed by atoms with E-state index in [1.807, 2.05) is 12.1 Å². The van der Waals surface area contributed by atoms with Gasteiger partial charge in [-0.05, 0) is 31.4 Å². The molecule has 1 unspecified atom stereocenters. The lowest BCUT2D eigenvalue weighted by Gasteiger charge is -2.14. The molecule has 0 saturated heterocycles. The summed E-state index contributed by atoms with van der Waals surface area (Å²) in [5.74, 6) is 0.752. The number of halogens is 1. The maximum atomic E-state index is 5.51. The number of rotatable bonds is 5. The van der Waals surface area contributed by atoms with E-state index in [9.17, 15) is 0 Å². The SMILES string of the molecule is C.CC(CCc1ccccc1Br)Nc1ncnc(N)n1. The highest BCUT2D eigenvalue weighted by atomic mass is 79.9. The molecule has 0 fully saturated rings. The van der Waals surface area contributed by atoms with Crippen molar-refractivity contribution in [2.24, 2.45) is 0 Å². The molecule has 6 heteroatoms. The van der Waals surface area contributed by atoms with Crippen LogP contribution >= 0.6 is 15.9 Å². The Morgan fingerprint density at radius 2 is 2.05 bits per heavy atom. The van der Waals surface area contributed by atoms with Crippen molar-refractivity contribution in [3.63, 3.8) is 0 Å². The Morgan fingerprint density at radius 1 is 1.30 bits per heavy atom. The summed E-state index contributed by atoms with van der Waals surface area (Å²) in [6, 6.07) is 8.50. The normalized spacial score (nSPS) is 11.5. The van der Waals surface area contributed by atoms with Gasteiger partial charge < -0.3 is 11.1 Å². The van der Waals surface area contributed by atoms with E-state index in [-0.39, 0.29) is 19.4 Å². The quantitative estimate of drug-likeness (QED) is 0.875. The zero-order valence-electron chi connectivity index (χ0n) is 10.7. The Kier molecular flexibility index (Phi) is 6.38. The van der Waals surface area contributed by atoms with Crippen molar-refractivity contribution in [2.45, 2.75) is 33.2 Å². The maximum Gasteiger partial charge on any atom is 0.227 e. The number of hydrogen-bond donors (Lipinski definition) is 2. The average Bonchev–Trinajstić information content (AvgIpc) is 2.38. The van der Waals surface area contributed by atoms with Crippen LogP contribution in [0.5, 0.6) is 0 Å². The topological polar surface area (TPSA) is 76.7 Å². The van der Waals surface area contributed by atoms with Crippen molar-refractivity contribution in [3.8, 4) is 0 Å². The second-order valence-corrected chi connectivity index (χ2v) is 5.20. The van der Waals surface area contributed by atoms with Crippen LogP contribution < -0.4 is 11.1 Å². The van der Waals surface area contributed by atoms with E-state index < -0.39 is 0 Å². The molecule has 0 aliphatic carbocycles. The summed E-state index contributed by atoms with van der Waals surface area (Å²) in [5, 5.41) is 3.21. The molecule has 1 aromatic heterocycles. The zero-order valence-corrected chi connectivity index (χ0v) is 12.3. The van der Waals surface area contributed by atoms with E-state index in [1.54, 1.807) is 0 Å². The molecule has 0 spiro atoms. The number of nitrogen functional groups attached to an aromatic ring is 1. The van der Waals surface area contributed by atoms with Crippen LogP contribution in [-0.4, -0.2) is 21.0 Å². The van der Waals surface area contributed by atoms with Gasteiger partial charge in [0, 0.05) is 10.5 Å².